The van der Waals surface area contributed by atoms with Crippen LogP contribution in [0.15, 0.2) is 18.3 Å². The predicted octanol–water partition coefficient (Wildman–Crippen LogP) is 3.16. The maximum Gasteiger partial charge on any atom is 0.213 e. The fourth-order valence-electron chi connectivity index (χ4n) is 1.46. The monoisotopic (exact) mass is 280 g/mol. The molecule has 0 fully saturated rings. The lowest BCUT2D eigenvalue weighted by Crippen LogP contribution is -2.35. The van der Waals surface area contributed by atoms with E-state index < -0.39 is 0 Å². The molecular weight excluding hydrogens is 252 g/mol. The van der Waals surface area contributed by atoms with Gasteiger partial charge in [0.25, 0.3) is 0 Å². The predicted molar refractivity (Wildman–Crippen MR) is 82.0 cm³/mol. The first-order valence-electron chi connectivity index (χ1n) is 7.12. The third-order valence-electron chi connectivity index (χ3n) is 2.49. The Hall–Kier alpha value is -1.13. The van der Waals surface area contributed by atoms with Crippen molar-refractivity contribution in [1.82, 2.24) is 10.3 Å². The second kappa shape index (κ2) is 7.04. The Morgan fingerprint density at radius 2 is 1.75 bits per heavy atom. The van der Waals surface area contributed by atoms with E-state index in [9.17, 15) is 0 Å². The van der Waals surface area contributed by atoms with Gasteiger partial charge in [0, 0.05) is 24.3 Å². The van der Waals surface area contributed by atoms with E-state index >= 15 is 0 Å². The molecule has 0 saturated heterocycles. The summed E-state index contributed by atoms with van der Waals surface area (Å²) in [5.74, 6) is 0.641. The van der Waals surface area contributed by atoms with Crippen molar-refractivity contribution in [2.24, 2.45) is 0 Å². The van der Waals surface area contributed by atoms with Gasteiger partial charge in [0.05, 0.1) is 12.2 Å². The number of hydrogen-bond donors (Lipinski definition) is 1. The lowest BCUT2D eigenvalue weighted by atomic mass is 10.1. The summed E-state index contributed by atoms with van der Waals surface area (Å²) in [6.45, 7) is 14.4. The SMILES string of the molecule is CC(C)(C)NCc1ccc(OCCOC(C)(C)C)nc1. The lowest BCUT2D eigenvalue weighted by molar-refractivity contribution is -0.0168. The topological polar surface area (TPSA) is 43.4 Å². The second-order valence-corrected chi connectivity index (χ2v) is 6.92. The van der Waals surface area contributed by atoms with Crippen LogP contribution in [0.3, 0.4) is 0 Å². The average molecular weight is 280 g/mol. The van der Waals surface area contributed by atoms with Gasteiger partial charge in [-0.25, -0.2) is 4.98 Å². The lowest BCUT2D eigenvalue weighted by Gasteiger charge is -2.20. The quantitative estimate of drug-likeness (QED) is 0.813. The third kappa shape index (κ3) is 8.12. The molecule has 0 saturated carbocycles. The number of nitrogens with zero attached hydrogens (tertiary/aromatic N) is 1. The summed E-state index contributed by atoms with van der Waals surface area (Å²) in [6.07, 6.45) is 1.85. The summed E-state index contributed by atoms with van der Waals surface area (Å²) in [7, 11) is 0. The molecule has 4 heteroatoms. The molecule has 0 amide bonds. The number of aromatic nitrogens is 1. The molecule has 20 heavy (non-hydrogen) atoms. The smallest absolute Gasteiger partial charge is 0.213 e. The molecule has 0 aliphatic carbocycles. The molecule has 0 aliphatic heterocycles. The van der Waals surface area contributed by atoms with Crippen molar-refractivity contribution in [3.63, 3.8) is 0 Å². The number of nitrogens with one attached hydrogen (secondary N) is 1. The van der Waals surface area contributed by atoms with E-state index in [2.05, 4.69) is 31.1 Å². The van der Waals surface area contributed by atoms with Crippen LogP contribution in [0, 0.1) is 0 Å². The molecule has 1 aromatic rings. The van der Waals surface area contributed by atoms with Gasteiger partial charge in [-0.15, -0.1) is 0 Å². The summed E-state index contributed by atoms with van der Waals surface area (Å²) in [6, 6.07) is 3.93. The summed E-state index contributed by atoms with van der Waals surface area (Å²) in [5, 5.41) is 3.43. The van der Waals surface area contributed by atoms with Crippen LogP contribution in [0.25, 0.3) is 0 Å². The molecule has 0 aromatic carbocycles. The summed E-state index contributed by atoms with van der Waals surface area (Å²) in [4.78, 5) is 4.30. The molecule has 0 atom stereocenters. The van der Waals surface area contributed by atoms with Gasteiger partial charge in [-0.1, -0.05) is 6.07 Å². The maximum atomic E-state index is 5.59. The van der Waals surface area contributed by atoms with E-state index in [4.69, 9.17) is 9.47 Å². The maximum absolute atomic E-state index is 5.59. The van der Waals surface area contributed by atoms with Gasteiger partial charge in [0.2, 0.25) is 5.88 Å². The minimum atomic E-state index is -0.126. The van der Waals surface area contributed by atoms with Gasteiger partial charge in [-0.05, 0) is 47.1 Å². The van der Waals surface area contributed by atoms with Gasteiger partial charge < -0.3 is 14.8 Å². The average Bonchev–Trinajstić information content (AvgIpc) is 2.31. The van der Waals surface area contributed by atoms with E-state index in [-0.39, 0.29) is 11.1 Å². The zero-order chi connectivity index (χ0) is 15.2. The van der Waals surface area contributed by atoms with Crippen LogP contribution in [0.2, 0.25) is 0 Å². The van der Waals surface area contributed by atoms with E-state index in [0.29, 0.717) is 19.1 Å². The van der Waals surface area contributed by atoms with Crippen LogP contribution in [0.5, 0.6) is 5.88 Å². The summed E-state index contributed by atoms with van der Waals surface area (Å²) < 4.78 is 11.1. The van der Waals surface area contributed by atoms with E-state index in [0.717, 1.165) is 12.1 Å². The molecule has 0 bridgehead atoms. The Labute approximate surface area is 122 Å². The molecule has 0 aliphatic rings. The largest absolute Gasteiger partial charge is 0.475 e. The second-order valence-electron chi connectivity index (χ2n) is 6.92. The van der Waals surface area contributed by atoms with Crippen LogP contribution in [-0.2, 0) is 11.3 Å². The van der Waals surface area contributed by atoms with Crippen molar-refractivity contribution in [2.75, 3.05) is 13.2 Å². The van der Waals surface area contributed by atoms with Crippen LogP contribution in [0.1, 0.15) is 47.1 Å². The Balaban J connectivity index is 2.32. The first-order valence-corrected chi connectivity index (χ1v) is 7.12. The van der Waals surface area contributed by atoms with Crippen LogP contribution in [0.4, 0.5) is 0 Å². The van der Waals surface area contributed by atoms with E-state index in [1.165, 1.54) is 0 Å². The highest BCUT2D eigenvalue weighted by Gasteiger charge is 2.10. The molecule has 0 unspecified atom stereocenters. The fourth-order valence-corrected chi connectivity index (χ4v) is 1.46. The first-order chi connectivity index (χ1) is 9.16. The van der Waals surface area contributed by atoms with Crippen molar-refractivity contribution in [2.45, 2.75) is 59.2 Å². The fraction of sp³-hybridized carbons (Fsp3) is 0.688. The van der Waals surface area contributed by atoms with Crippen LogP contribution < -0.4 is 10.1 Å². The van der Waals surface area contributed by atoms with Crippen LogP contribution >= 0.6 is 0 Å². The van der Waals surface area contributed by atoms with Gasteiger partial charge in [0.15, 0.2) is 0 Å². The molecule has 1 heterocycles. The molecule has 0 radical (unpaired) electrons. The minimum absolute atomic E-state index is 0.111. The Bertz CT molecular complexity index is 388. The Kier molecular flexibility index (Phi) is 5.96. The van der Waals surface area contributed by atoms with Gasteiger partial charge in [0.1, 0.15) is 6.61 Å². The molecular formula is C16H28N2O2. The highest BCUT2D eigenvalue weighted by atomic mass is 16.5. The molecule has 114 valence electrons. The van der Waals surface area contributed by atoms with E-state index in [1.54, 1.807) is 0 Å². The highest BCUT2D eigenvalue weighted by Crippen LogP contribution is 2.10. The van der Waals surface area contributed by atoms with Gasteiger partial charge >= 0.3 is 0 Å². The zero-order valence-electron chi connectivity index (χ0n) is 13.6. The zero-order valence-corrected chi connectivity index (χ0v) is 13.6. The number of rotatable bonds is 6. The Morgan fingerprint density at radius 3 is 2.25 bits per heavy atom. The molecule has 1 rings (SSSR count). The minimum Gasteiger partial charge on any atom is -0.475 e. The van der Waals surface area contributed by atoms with Crippen molar-refractivity contribution in [3.8, 4) is 5.88 Å². The third-order valence-corrected chi connectivity index (χ3v) is 2.49. The standard InChI is InChI=1S/C16H28N2O2/c1-15(2,3)18-12-13-7-8-14(17-11-13)19-9-10-20-16(4,5)6/h7-8,11,18H,9-10,12H2,1-6H3. The molecule has 1 N–H and O–H groups in total. The van der Waals surface area contributed by atoms with Gasteiger partial charge in [-0.3, -0.25) is 0 Å². The summed E-state index contributed by atoms with van der Waals surface area (Å²) in [5.41, 5.74) is 1.14. The van der Waals surface area contributed by atoms with Crippen LogP contribution in [-0.4, -0.2) is 29.3 Å². The molecule has 0 spiro atoms. The van der Waals surface area contributed by atoms with E-state index in [1.807, 2.05) is 39.1 Å². The summed E-state index contributed by atoms with van der Waals surface area (Å²) >= 11 is 0. The first kappa shape index (κ1) is 16.9. The van der Waals surface area contributed by atoms with Crippen molar-refractivity contribution in [1.29, 1.82) is 0 Å². The number of hydrogen-bond acceptors (Lipinski definition) is 4. The Morgan fingerprint density at radius 1 is 1.05 bits per heavy atom. The van der Waals surface area contributed by atoms with Crippen molar-refractivity contribution >= 4 is 0 Å². The normalized spacial score (nSPS) is 12.5. The number of ether oxygens (including phenoxy) is 2. The number of pyridine rings is 1. The van der Waals surface area contributed by atoms with Gasteiger partial charge in [-0.2, -0.15) is 0 Å². The van der Waals surface area contributed by atoms with Crippen molar-refractivity contribution < 1.29 is 9.47 Å². The highest BCUT2D eigenvalue weighted by molar-refractivity contribution is 5.17. The molecule has 1 aromatic heterocycles. The van der Waals surface area contributed by atoms with Crippen molar-refractivity contribution in [3.05, 3.63) is 23.9 Å². The molecule has 4 nitrogen and oxygen atoms in total.